The molecule has 2 saturated heterocycles. The van der Waals surface area contributed by atoms with Crippen LogP contribution >= 0.6 is 0 Å². The maximum atomic E-state index is 12.9. The molecule has 0 saturated carbocycles. The third-order valence-electron chi connectivity index (χ3n) is 4.97. The van der Waals surface area contributed by atoms with E-state index in [0.29, 0.717) is 13.0 Å². The maximum absolute atomic E-state index is 12.9. The van der Waals surface area contributed by atoms with Crippen LogP contribution in [0.4, 0.5) is 0 Å². The lowest BCUT2D eigenvalue weighted by atomic mass is 10.0. The Morgan fingerprint density at radius 3 is 2.83 bits per heavy atom. The topological polar surface area (TPSA) is 81.8 Å². The molecule has 24 heavy (non-hydrogen) atoms. The zero-order valence-corrected chi connectivity index (χ0v) is 13.4. The Bertz CT molecular complexity index is 712. The molecule has 0 radical (unpaired) electrons. The van der Waals surface area contributed by atoms with Gasteiger partial charge in [-0.1, -0.05) is 18.2 Å². The summed E-state index contributed by atoms with van der Waals surface area (Å²) in [6.07, 6.45) is 0.679. The third kappa shape index (κ3) is 2.59. The molecule has 1 unspecified atom stereocenters. The van der Waals surface area contributed by atoms with Crippen molar-refractivity contribution in [3.8, 4) is 0 Å². The Kier molecular flexibility index (Phi) is 3.82. The SMILES string of the molecule is O=C1CCC(N2Cc3cccc(CN4CCNC4)c3C2=O)C(=O)N1. The van der Waals surface area contributed by atoms with E-state index in [-0.39, 0.29) is 24.1 Å². The summed E-state index contributed by atoms with van der Waals surface area (Å²) in [6.45, 7) is 3.92. The van der Waals surface area contributed by atoms with Crippen LogP contribution in [0.15, 0.2) is 18.2 Å². The molecule has 7 nitrogen and oxygen atoms in total. The third-order valence-corrected chi connectivity index (χ3v) is 4.97. The van der Waals surface area contributed by atoms with E-state index in [9.17, 15) is 14.4 Å². The van der Waals surface area contributed by atoms with Crippen molar-refractivity contribution >= 4 is 17.7 Å². The predicted octanol–water partition coefficient (Wildman–Crippen LogP) is -0.190. The van der Waals surface area contributed by atoms with Crippen molar-refractivity contribution in [1.29, 1.82) is 0 Å². The van der Waals surface area contributed by atoms with Crippen LogP contribution in [0.25, 0.3) is 0 Å². The van der Waals surface area contributed by atoms with E-state index in [0.717, 1.165) is 43.0 Å². The van der Waals surface area contributed by atoms with Gasteiger partial charge in [-0.2, -0.15) is 0 Å². The molecule has 0 bridgehead atoms. The van der Waals surface area contributed by atoms with Crippen LogP contribution in [0.2, 0.25) is 0 Å². The van der Waals surface area contributed by atoms with Crippen LogP contribution < -0.4 is 10.6 Å². The van der Waals surface area contributed by atoms with Crippen LogP contribution in [0, 0.1) is 0 Å². The van der Waals surface area contributed by atoms with Gasteiger partial charge in [0.25, 0.3) is 5.91 Å². The van der Waals surface area contributed by atoms with E-state index < -0.39 is 6.04 Å². The summed E-state index contributed by atoms with van der Waals surface area (Å²) < 4.78 is 0. The van der Waals surface area contributed by atoms with Crippen LogP contribution in [0.3, 0.4) is 0 Å². The van der Waals surface area contributed by atoms with E-state index in [1.54, 1.807) is 4.90 Å². The van der Waals surface area contributed by atoms with Gasteiger partial charge < -0.3 is 10.2 Å². The average Bonchev–Trinajstić information content (AvgIpc) is 3.16. The molecule has 2 N–H and O–H groups in total. The summed E-state index contributed by atoms with van der Waals surface area (Å²) in [7, 11) is 0. The lowest BCUT2D eigenvalue weighted by Gasteiger charge is -2.29. The van der Waals surface area contributed by atoms with E-state index >= 15 is 0 Å². The Balaban J connectivity index is 1.58. The second kappa shape index (κ2) is 5.99. The Morgan fingerprint density at radius 2 is 2.08 bits per heavy atom. The van der Waals surface area contributed by atoms with Crippen LogP contribution in [0.1, 0.15) is 34.3 Å². The van der Waals surface area contributed by atoms with Gasteiger partial charge in [-0.25, -0.2) is 0 Å². The fourth-order valence-corrected chi connectivity index (χ4v) is 3.75. The quantitative estimate of drug-likeness (QED) is 0.752. The fraction of sp³-hybridized carbons (Fsp3) is 0.471. The van der Waals surface area contributed by atoms with Gasteiger partial charge in [-0.05, 0) is 17.5 Å². The van der Waals surface area contributed by atoms with Gasteiger partial charge in [0.2, 0.25) is 11.8 Å². The molecule has 7 heteroatoms. The highest BCUT2D eigenvalue weighted by molar-refractivity contribution is 6.05. The van der Waals surface area contributed by atoms with Crippen LogP contribution in [-0.4, -0.2) is 53.3 Å². The lowest BCUT2D eigenvalue weighted by Crippen LogP contribution is -2.52. The molecule has 3 amide bonds. The van der Waals surface area contributed by atoms with E-state index in [1.165, 1.54) is 0 Å². The van der Waals surface area contributed by atoms with Crippen molar-refractivity contribution in [1.82, 2.24) is 20.4 Å². The molecule has 2 fully saturated rings. The van der Waals surface area contributed by atoms with E-state index in [4.69, 9.17) is 0 Å². The second-order valence-corrected chi connectivity index (χ2v) is 6.56. The lowest BCUT2D eigenvalue weighted by molar-refractivity contribution is -0.136. The zero-order chi connectivity index (χ0) is 16.7. The number of hydrogen-bond acceptors (Lipinski definition) is 5. The summed E-state index contributed by atoms with van der Waals surface area (Å²) in [5.74, 6) is -0.720. The first-order valence-electron chi connectivity index (χ1n) is 8.32. The van der Waals surface area contributed by atoms with Crippen molar-refractivity contribution in [2.45, 2.75) is 32.0 Å². The largest absolute Gasteiger partial charge is 0.322 e. The summed E-state index contributed by atoms with van der Waals surface area (Å²) >= 11 is 0. The number of hydrogen-bond donors (Lipinski definition) is 2. The highest BCUT2D eigenvalue weighted by atomic mass is 16.2. The number of fused-ring (bicyclic) bond motifs is 1. The predicted molar refractivity (Wildman–Crippen MR) is 85.8 cm³/mol. The molecule has 1 atom stereocenters. The minimum atomic E-state index is -0.552. The van der Waals surface area contributed by atoms with E-state index in [2.05, 4.69) is 15.5 Å². The summed E-state index contributed by atoms with van der Waals surface area (Å²) in [5.41, 5.74) is 2.71. The smallest absolute Gasteiger partial charge is 0.255 e. The number of piperidine rings is 1. The summed E-state index contributed by atoms with van der Waals surface area (Å²) in [5, 5.41) is 5.63. The number of carbonyl (C=O) groups is 3. The van der Waals surface area contributed by atoms with Gasteiger partial charge in [0.1, 0.15) is 6.04 Å². The van der Waals surface area contributed by atoms with Crippen molar-refractivity contribution in [3.05, 3.63) is 34.9 Å². The number of nitrogens with zero attached hydrogens (tertiary/aromatic N) is 2. The number of rotatable bonds is 3. The van der Waals surface area contributed by atoms with Crippen molar-refractivity contribution in [2.24, 2.45) is 0 Å². The van der Waals surface area contributed by atoms with Gasteiger partial charge in [0.05, 0.1) is 0 Å². The minimum absolute atomic E-state index is 0.0951. The van der Waals surface area contributed by atoms with Crippen LogP contribution in [-0.2, 0) is 22.7 Å². The van der Waals surface area contributed by atoms with Crippen molar-refractivity contribution in [3.63, 3.8) is 0 Å². The number of carbonyl (C=O) groups excluding carboxylic acids is 3. The Morgan fingerprint density at radius 1 is 1.21 bits per heavy atom. The molecule has 0 spiro atoms. The second-order valence-electron chi connectivity index (χ2n) is 6.56. The number of benzene rings is 1. The molecule has 3 aliphatic rings. The Hall–Kier alpha value is -2.25. The van der Waals surface area contributed by atoms with Gasteiger partial charge >= 0.3 is 0 Å². The van der Waals surface area contributed by atoms with Gasteiger partial charge in [-0.15, -0.1) is 0 Å². The number of imide groups is 1. The van der Waals surface area contributed by atoms with E-state index in [1.807, 2.05) is 18.2 Å². The standard InChI is InChI=1S/C17H20N4O3/c22-14-5-4-13(16(23)19-14)21-9-12-3-1-2-11(15(12)17(21)24)8-20-7-6-18-10-20/h1-3,13,18H,4-10H2,(H,19,22,23). The molecule has 3 aliphatic heterocycles. The molecule has 0 aliphatic carbocycles. The summed E-state index contributed by atoms with van der Waals surface area (Å²) in [6, 6.07) is 5.36. The van der Waals surface area contributed by atoms with Gasteiger partial charge in [0.15, 0.2) is 0 Å². The van der Waals surface area contributed by atoms with Gasteiger partial charge in [-0.3, -0.25) is 24.6 Å². The maximum Gasteiger partial charge on any atom is 0.255 e. The number of nitrogens with one attached hydrogen (secondary N) is 2. The zero-order valence-electron chi connectivity index (χ0n) is 13.4. The monoisotopic (exact) mass is 328 g/mol. The first-order valence-corrected chi connectivity index (χ1v) is 8.32. The molecule has 4 rings (SSSR count). The van der Waals surface area contributed by atoms with Gasteiger partial charge in [0, 0.05) is 44.8 Å². The van der Waals surface area contributed by atoms with Crippen molar-refractivity contribution < 1.29 is 14.4 Å². The molecule has 1 aromatic rings. The van der Waals surface area contributed by atoms with Crippen LogP contribution in [0.5, 0.6) is 0 Å². The first-order chi connectivity index (χ1) is 11.6. The normalized spacial score (nSPS) is 24.4. The molecule has 1 aromatic carbocycles. The molecular weight excluding hydrogens is 308 g/mol. The van der Waals surface area contributed by atoms with Crippen molar-refractivity contribution in [2.75, 3.05) is 19.8 Å². The number of amides is 3. The fourth-order valence-electron chi connectivity index (χ4n) is 3.75. The highest BCUT2D eigenvalue weighted by Crippen LogP contribution is 2.30. The molecule has 3 heterocycles. The minimum Gasteiger partial charge on any atom is -0.322 e. The molecule has 126 valence electrons. The Labute approximate surface area is 140 Å². The average molecular weight is 328 g/mol. The molecular formula is C17H20N4O3. The first kappa shape index (κ1) is 15.3. The molecule has 0 aromatic heterocycles. The highest BCUT2D eigenvalue weighted by Gasteiger charge is 2.40. The summed E-state index contributed by atoms with van der Waals surface area (Å²) in [4.78, 5) is 40.3.